The minimum absolute atomic E-state index is 0.0425. The van der Waals surface area contributed by atoms with Crippen LogP contribution >= 0.6 is 22.7 Å². The van der Waals surface area contributed by atoms with Crippen LogP contribution in [0.15, 0.2) is 16.8 Å². The van der Waals surface area contributed by atoms with E-state index in [1.165, 1.54) is 11.3 Å². The lowest BCUT2D eigenvalue weighted by atomic mass is 10.3. The highest BCUT2D eigenvalue weighted by molar-refractivity contribution is 7.16. The summed E-state index contributed by atoms with van der Waals surface area (Å²) in [5.41, 5.74) is 1.68. The van der Waals surface area contributed by atoms with Crippen LogP contribution in [-0.2, 0) is 0 Å². The standard InChI is InChI=1S/C10H9F3N2OS2/c1-5-2-7(17-3-5)6-4-18-9(14-6)15-8(16)10(11,12)13/h2-4,8,16H,1H3,(H,14,15). The second-order valence-electron chi connectivity index (χ2n) is 3.61. The van der Waals surface area contributed by atoms with Crippen molar-refractivity contribution >= 4 is 27.8 Å². The van der Waals surface area contributed by atoms with Crippen LogP contribution in [0.3, 0.4) is 0 Å². The summed E-state index contributed by atoms with van der Waals surface area (Å²) in [6, 6.07) is 1.91. The molecule has 0 spiro atoms. The van der Waals surface area contributed by atoms with Gasteiger partial charge >= 0.3 is 6.18 Å². The molecule has 2 N–H and O–H groups in total. The molecule has 0 aliphatic rings. The van der Waals surface area contributed by atoms with Gasteiger partial charge in [0.15, 0.2) is 5.13 Å². The van der Waals surface area contributed by atoms with E-state index in [4.69, 9.17) is 5.11 Å². The van der Waals surface area contributed by atoms with Gasteiger partial charge in [0.1, 0.15) is 0 Å². The zero-order valence-electron chi connectivity index (χ0n) is 9.15. The van der Waals surface area contributed by atoms with Crippen molar-refractivity contribution in [2.45, 2.75) is 19.3 Å². The second-order valence-corrected chi connectivity index (χ2v) is 5.38. The normalized spacial score (nSPS) is 13.6. The van der Waals surface area contributed by atoms with Gasteiger partial charge in [0.25, 0.3) is 0 Å². The summed E-state index contributed by atoms with van der Waals surface area (Å²) in [6.45, 7) is 1.93. The van der Waals surface area contributed by atoms with Gasteiger partial charge in [0, 0.05) is 5.38 Å². The number of thiophene rings is 1. The maximum absolute atomic E-state index is 12.1. The fraction of sp³-hybridized carbons (Fsp3) is 0.300. The Hall–Kier alpha value is -1.12. The van der Waals surface area contributed by atoms with Gasteiger partial charge in [-0.05, 0) is 23.9 Å². The number of thiazole rings is 1. The summed E-state index contributed by atoms with van der Waals surface area (Å²) in [5, 5.41) is 14.4. The van der Waals surface area contributed by atoms with Gasteiger partial charge in [0.05, 0.1) is 10.6 Å². The number of nitrogens with one attached hydrogen (secondary N) is 1. The monoisotopic (exact) mass is 294 g/mol. The number of anilines is 1. The number of hydrogen-bond acceptors (Lipinski definition) is 5. The molecule has 0 bridgehead atoms. The quantitative estimate of drug-likeness (QED) is 0.852. The molecule has 2 aromatic rings. The molecule has 8 heteroatoms. The molecule has 98 valence electrons. The summed E-state index contributed by atoms with van der Waals surface area (Å²) in [7, 11) is 0. The van der Waals surface area contributed by atoms with E-state index in [0.29, 0.717) is 5.69 Å². The van der Waals surface area contributed by atoms with Gasteiger partial charge in [-0.1, -0.05) is 0 Å². The number of halogens is 3. The van der Waals surface area contributed by atoms with Crippen molar-refractivity contribution in [3.8, 4) is 10.6 Å². The molecule has 2 heterocycles. The first-order valence-electron chi connectivity index (χ1n) is 4.88. The fourth-order valence-electron chi connectivity index (χ4n) is 1.22. The van der Waals surface area contributed by atoms with Crippen LogP contribution in [0, 0.1) is 6.92 Å². The summed E-state index contributed by atoms with van der Waals surface area (Å²) < 4.78 is 36.4. The predicted octanol–water partition coefficient (Wildman–Crippen LogP) is 3.47. The Balaban J connectivity index is 2.12. The molecule has 1 unspecified atom stereocenters. The van der Waals surface area contributed by atoms with Crippen LogP contribution in [0.1, 0.15) is 5.56 Å². The Morgan fingerprint density at radius 1 is 1.33 bits per heavy atom. The van der Waals surface area contributed by atoms with Crippen LogP contribution in [0.5, 0.6) is 0 Å². The lowest BCUT2D eigenvalue weighted by Crippen LogP contribution is -2.35. The molecule has 0 aliphatic heterocycles. The zero-order chi connectivity index (χ0) is 13.3. The molecular formula is C10H9F3N2OS2. The number of aromatic nitrogens is 1. The van der Waals surface area contributed by atoms with Gasteiger partial charge in [-0.15, -0.1) is 22.7 Å². The average Bonchev–Trinajstić information content (AvgIpc) is 2.85. The molecule has 1 atom stereocenters. The minimum Gasteiger partial charge on any atom is -0.366 e. The Morgan fingerprint density at radius 3 is 2.61 bits per heavy atom. The number of nitrogens with zero attached hydrogens (tertiary/aromatic N) is 1. The average molecular weight is 294 g/mol. The van der Waals surface area contributed by atoms with E-state index in [9.17, 15) is 13.2 Å². The molecular weight excluding hydrogens is 285 g/mol. The maximum Gasteiger partial charge on any atom is 0.433 e. The number of rotatable bonds is 3. The Morgan fingerprint density at radius 2 is 2.06 bits per heavy atom. The zero-order valence-corrected chi connectivity index (χ0v) is 10.8. The lowest BCUT2D eigenvalue weighted by molar-refractivity contribution is -0.194. The van der Waals surface area contributed by atoms with Crippen molar-refractivity contribution in [2.24, 2.45) is 0 Å². The molecule has 18 heavy (non-hydrogen) atoms. The van der Waals surface area contributed by atoms with E-state index in [2.05, 4.69) is 4.98 Å². The van der Waals surface area contributed by atoms with Crippen LogP contribution in [0.25, 0.3) is 10.6 Å². The SMILES string of the molecule is Cc1csc(-c2csc(NC(O)C(F)(F)F)n2)c1. The van der Waals surface area contributed by atoms with E-state index in [0.717, 1.165) is 21.8 Å². The third kappa shape index (κ3) is 3.01. The van der Waals surface area contributed by atoms with Gasteiger partial charge < -0.3 is 10.4 Å². The van der Waals surface area contributed by atoms with Crippen molar-refractivity contribution in [3.63, 3.8) is 0 Å². The van der Waals surface area contributed by atoms with Gasteiger partial charge in [-0.3, -0.25) is 0 Å². The smallest absolute Gasteiger partial charge is 0.366 e. The van der Waals surface area contributed by atoms with E-state index in [1.807, 2.05) is 23.7 Å². The molecule has 0 aromatic carbocycles. The van der Waals surface area contributed by atoms with Crippen molar-refractivity contribution < 1.29 is 18.3 Å². The van der Waals surface area contributed by atoms with E-state index < -0.39 is 12.4 Å². The highest BCUT2D eigenvalue weighted by Gasteiger charge is 2.38. The van der Waals surface area contributed by atoms with Crippen molar-refractivity contribution in [1.29, 1.82) is 0 Å². The van der Waals surface area contributed by atoms with Crippen molar-refractivity contribution in [3.05, 3.63) is 22.4 Å². The summed E-state index contributed by atoms with van der Waals surface area (Å²) >= 11 is 2.49. The van der Waals surface area contributed by atoms with Gasteiger partial charge in [-0.2, -0.15) is 13.2 Å². The largest absolute Gasteiger partial charge is 0.433 e. The van der Waals surface area contributed by atoms with Crippen LogP contribution in [0.4, 0.5) is 18.3 Å². The third-order valence-electron chi connectivity index (χ3n) is 2.06. The molecule has 2 rings (SSSR count). The Labute approximate surface area is 109 Å². The lowest BCUT2D eigenvalue weighted by Gasteiger charge is -2.14. The maximum atomic E-state index is 12.1. The van der Waals surface area contributed by atoms with E-state index in [1.54, 1.807) is 5.38 Å². The number of aryl methyl sites for hydroxylation is 1. The van der Waals surface area contributed by atoms with Crippen LogP contribution in [-0.4, -0.2) is 22.5 Å². The predicted molar refractivity (Wildman–Crippen MR) is 65.8 cm³/mol. The molecule has 2 aromatic heterocycles. The number of aliphatic hydroxyl groups excluding tert-OH is 1. The van der Waals surface area contributed by atoms with Gasteiger partial charge in [-0.25, -0.2) is 4.98 Å². The van der Waals surface area contributed by atoms with E-state index >= 15 is 0 Å². The summed E-state index contributed by atoms with van der Waals surface area (Å²) in [6.07, 6.45) is -7.30. The molecule has 0 aliphatic carbocycles. The molecule has 0 fully saturated rings. The van der Waals surface area contributed by atoms with Crippen molar-refractivity contribution in [1.82, 2.24) is 4.98 Å². The third-order valence-corrected chi connectivity index (χ3v) is 3.90. The van der Waals surface area contributed by atoms with Crippen LogP contribution in [0.2, 0.25) is 0 Å². The summed E-state index contributed by atoms with van der Waals surface area (Å²) in [4.78, 5) is 4.89. The Kier molecular flexibility index (Phi) is 3.60. The van der Waals surface area contributed by atoms with Gasteiger partial charge in [0.2, 0.25) is 6.23 Å². The molecule has 0 amide bonds. The number of hydrogen-bond donors (Lipinski definition) is 2. The first-order valence-corrected chi connectivity index (χ1v) is 6.64. The molecule has 0 saturated heterocycles. The highest BCUT2D eigenvalue weighted by atomic mass is 32.1. The first kappa shape index (κ1) is 13.3. The highest BCUT2D eigenvalue weighted by Crippen LogP contribution is 2.31. The van der Waals surface area contributed by atoms with E-state index in [-0.39, 0.29) is 5.13 Å². The topological polar surface area (TPSA) is 45.1 Å². The van der Waals surface area contributed by atoms with Crippen LogP contribution < -0.4 is 5.32 Å². The molecule has 3 nitrogen and oxygen atoms in total. The second kappa shape index (κ2) is 4.87. The summed E-state index contributed by atoms with van der Waals surface area (Å²) in [5.74, 6) is 0. The first-order chi connectivity index (χ1) is 8.36. The molecule has 0 radical (unpaired) electrons. The fourth-order valence-corrected chi connectivity index (χ4v) is 2.89. The Bertz CT molecular complexity index is 535. The molecule has 0 saturated carbocycles. The van der Waals surface area contributed by atoms with Crippen molar-refractivity contribution in [2.75, 3.05) is 5.32 Å². The minimum atomic E-state index is -4.70. The number of aliphatic hydroxyl groups is 1. The number of alkyl halides is 3.